The maximum Gasteiger partial charge on any atom is 0.414 e. The first-order chi connectivity index (χ1) is 20.4. The molecule has 2 fully saturated rings. The van der Waals surface area contributed by atoms with Crippen LogP contribution >= 0.6 is 0 Å². The first kappa shape index (κ1) is 29.4. The molecular weight excluding hydrogens is 556 g/mol. The minimum Gasteiger partial charge on any atom is -0.504 e. The second-order valence-electron chi connectivity index (χ2n) is 12.8. The van der Waals surface area contributed by atoms with Crippen LogP contribution in [0.25, 0.3) is 0 Å². The summed E-state index contributed by atoms with van der Waals surface area (Å²) < 4.78 is 12.3. The molecule has 6 rings (SSSR count). The van der Waals surface area contributed by atoms with Gasteiger partial charge in [-0.15, -0.1) is 0 Å². The summed E-state index contributed by atoms with van der Waals surface area (Å²) in [4.78, 5) is 52.4. The average molecular weight is 597 g/mol. The van der Waals surface area contributed by atoms with Crippen LogP contribution in [0.15, 0.2) is 24.0 Å². The number of aromatic hydroxyl groups is 1. The molecule has 0 aromatic heterocycles. The molecule has 5 atom stereocenters. The molecule has 2 heterocycles. The minimum absolute atomic E-state index is 0.00427. The highest BCUT2D eigenvalue weighted by atomic mass is 16.6. The van der Waals surface area contributed by atoms with Crippen molar-refractivity contribution >= 4 is 23.7 Å². The number of hydrogen-bond acceptors (Lipinski definition) is 9. The number of phenols is 1. The molecule has 3 aliphatic carbocycles. The molecule has 1 spiro atoms. The molecule has 1 saturated carbocycles. The Kier molecular flexibility index (Phi) is 7.40. The molecule has 4 N–H and O–H groups in total. The van der Waals surface area contributed by atoms with Gasteiger partial charge in [0.25, 0.3) is 0 Å². The van der Waals surface area contributed by atoms with E-state index in [4.69, 9.17) is 9.47 Å². The van der Waals surface area contributed by atoms with Crippen LogP contribution in [0.5, 0.6) is 11.5 Å². The van der Waals surface area contributed by atoms with Crippen molar-refractivity contribution in [2.75, 3.05) is 33.2 Å². The smallest absolute Gasteiger partial charge is 0.414 e. The van der Waals surface area contributed by atoms with Crippen LogP contribution in [0.4, 0.5) is 4.79 Å². The molecule has 0 radical (unpaired) electrons. The Bertz CT molecular complexity index is 1380. The van der Waals surface area contributed by atoms with Gasteiger partial charge in [0.2, 0.25) is 11.8 Å². The molecule has 1 aromatic carbocycles. The number of carbonyl (C=O) groups is 4. The Morgan fingerprint density at radius 2 is 2.00 bits per heavy atom. The number of benzene rings is 1. The van der Waals surface area contributed by atoms with Crippen LogP contribution in [0.3, 0.4) is 0 Å². The number of amides is 3. The number of Topliss-reactive ketones (excluding diaryl/α,β-unsaturated/α-hetero) is 1. The average Bonchev–Trinajstić information content (AvgIpc) is 3.68. The number of aliphatic hydroxyl groups is 1. The number of phenolic OH excluding ortho intramolecular Hbond substituents is 1. The Balaban J connectivity index is 1.17. The van der Waals surface area contributed by atoms with Crippen molar-refractivity contribution in [3.05, 3.63) is 35.1 Å². The predicted octanol–water partition coefficient (Wildman–Crippen LogP) is 1.12. The van der Waals surface area contributed by atoms with Gasteiger partial charge >= 0.3 is 6.09 Å². The summed E-state index contributed by atoms with van der Waals surface area (Å²) in [5.41, 5.74) is -0.119. The van der Waals surface area contributed by atoms with Crippen molar-refractivity contribution in [3.8, 4) is 11.5 Å². The molecule has 5 aliphatic rings. The highest BCUT2D eigenvalue weighted by molar-refractivity contribution is 5.91. The van der Waals surface area contributed by atoms with E-state index in [9.17, 15) is 29.4 Å². The van der Waals surface area contributed by atoms with Crippen molar-refractivity contribution < 1.29 is 38.9 Å². The van der Waals surface area contributed by atoms with Crippen molar-refractivity contribution in [2.45, 2.75) is 81.6 Å². The van der Waals surface area contributed by atoms with Gasteiger partial charge in [0, 0.05) is 58.1 Å². The van der Waals surface area contributed by atoms with E-state index < -0.39 is 41.1 Å². The minimum atomic E-state index is -1.15. The van der Waals surface area contributed by atoms with Crippen LogP contribution in [-0.2, 0) is 31.0 Å². The summed E-state index contributed by atoms with van der Waals surface area (Å²) in [6.45, 7) is 4.52. The first-order valence-corrected chi connectivity index (χ1v) is 15.1. The Morgan fingerprint density at radius 1 is 1.23 bits per heavy atom. The number of ether oxygens (including phenoxy) is 2. The second kappa shape index (κ2) is 10.8. The van der Waals surface area contributed by atoms with E-state index in [-0.39, 0.29) is 43.5 Å². The summed E-state index contributed by atoms with van der Waals surface area (Å²) in [7, 11) is 1.54. The monoisotopic (exact) mass is 596 g/mol. The molecule has 12 nitrogen and oxygen atoms in total. The van der Waals surface area contributed by atoms with Crippen molar-refractivity contribution in [1.82, 2.24) is 20.4 Å². The maximum atomic E-state index is 13.2. The van der Waals surface area contributed by atoms with Gasteiger partial charge < -0.3 is 35.2 Å². The Morgan fingerprint density at radius 3 is 2.70 bits per heavy atom. The molecule has 12 heteroatoms. The molecule has 3 amide bonds. The van der Waals surface area contributed by atoms with Gasteiger partial charge in [-0.1, -0.05) is 6.07 Å². The van der Waals surface area contributed by atoms with Crippen molar-refractivity contribution in [2.24, 2.45) is 5.92 Å². The number of hydrogen-bond donors (Lipinski definition) is 4. The normalized spacial score (nSPS) is 29.0. The number of carbonyl (C=O) groups excluding carboxylic acids is 4. The summed E-state index contributed by atoms with van der Waals surface area (Å²) in [5, 5.41) is 28.4. The molecule has 1 aromatic rings. The summed E-state index contributed by atoms with van der Waals surface area (Å²) >= 11 is 0. The lowest BCUT2D eigenvalue weighted by Gasteiger charge is -2.62. The molecule has 2 aliphatic heterocycles. The van der Waals surface area contributed by atoms with Gasteiger partial charge in [0.15, 0.2) is 17.6 Å². The van der Waals surface area contributed by atoms with Gasteiger partial charge in [-0.3, -0.25) is 19.3 Å². The van der Waals surface area contributed by atoms with Crippen LogP contribution in [0.1, 0.15) is 57.1 Å². The number of nitrogens with one attached hydrogen (secondary N) is 2. The third-order valence-corrected chi connectivity index (χ3v) is 9.84. The Labute approximate surface area is 250 Å². The molecule has 2 bridgehead atoms. The molecule has 0 unspecified atom stereocenters. The summed E-state index contributed by atoms with van der Waals surface area (Å²) in [6.07, 6.45) is 4.18. The van der Waals surface area contributed by atoms with Crippen LogP contribution in [0.2, 0.25) is 0 Å². The fourth-order valence-electron chi connectivity index (χ4n) is 7.65. The topological polar surface area (TPSA) is 158 Å². The van der Waals surface area contributed by atoms with Crippen LogP contribution in [0, 0.1) is 5.92 Å². The fourth-order valence-corrected chi connectivity index (χ4v) is 7.65. The predicted molar refractivity (Wildman–Crippen MR) is 153 cm³/mol. The van der Waals surface area contributed by atoms with E-state index in [1.807, 2.05) is 6.07 Å². The standard InChI is InChI=1S/C31H40N4O8/c1-17(36)14-21(33-18(2)37)28(39)32-11-13-34(3)29(40)42-23-8-9-31(41)24-15-20-6-7-22(38)26-25(20)30(31,27(23)43-26)10-12-35(24)16-19-4-5-19/h6-8,19,21,24,27,38,41H,4-5,9-16H2,1-3H3,(H,32,39)(H,33,37)/t21-,24-,27+,30+,31-/m1/s1. The number of likely N-dealkylation sites (N-methyl/N-ethyl adjacent to an activating group) is 1. The van der Waals surface area contributed by atoms with E-state index >= 15 is 0 Å². The molecular formula is C31H40N4O8. The van der Waals surface area contributed by atoms with Gasteiger partial charge in [-0.25, -0.2) is 4.79 Å². The lowest BCUT2D eigenvalue weighted by atomic mass is 9.50. The SMILES string of the molecule is CC(=O)C[C@@H](NC(C)=O)C(=O)NCCN(C)C(=O)OC1=CC[C@@]2(O)[C@H]3Cc4ccc(O)c5c4[C@@]2(CCN3CC2CC2)[C@H]1O5. The lowest BCUT2D eigenvalue weighted by molar-refractivity contribution is -0.169. The molecule has 232 valence electrons. The van der Waals surface area contributed by atoms with Crippen LogP contribution < -0.4 is 15.4 Å². The second-order valence-corrected chi connectivity index (χ2v) is 12.8. The number of ketones is 1. The van der Waals surface area contributed by atoms with Crippen molar-refractivity contribution in [1.29, 1.82) is 0 Å². The quantitative estimate of drug-likeness (QED) is 0.311. The zero-order chi connectivity index (χ0) is 30.7. The third kappa shape index (κ3) is 4.94. The van der Waals surface area contributed by atoms with Crippen molar-refractivity contribution in [3.63, 3.8) is 0 Å². The third-order valence-electron chi connectivity index (χ3n) is 9.84. The van der Waals surface area contributed by atoms with E-state index in [0.717, 1.165) is 24.2 Å². The number of rotatable bonds is 10. The maximum absolute atomic E-state index is 13.2. The number of piperidine rings is 1. The first-order valence-electron chi connectivity index (χ1n) is 15.1. The van der Waals surface area contributed by atoms with E-state index in [2.05, 4.69) is 15.5 Å². The zero-order valence-electron chi connectivity index (χ0n) is 24.9. The van der Waals surface area contributed by atoms with E-state index in [1.165, 1.54) is 38.6 Å². The van der Waals surface area contributed by atoms with Gasteiger partial charge in [-0.05, 0) is 62.8 Å². The van der Waals surface area contributed by atoms with Gasteiger partial charge in [-0.2, -0.15) is 0 Å². The zero-order valence-corrected chi connectivity index (χ0v) is 24.9. The lowest BCUT2D eigenvalue weighted by Crippen LogP contribution is -2.75. The largest absolute Gasteiger partial charge is 0.504 e. The molecule has 1 saturated heterocycles. The van der Waals surface area contributed by atoms with E-state index in [0.29, 0.717) is 30.3 Å². The Hall–Kier alpha value is -3.64. The number of nitrogens with zero attached hydrogens (tertiary/aromatic N) is 2. The summed E-state index contributed by atoms with van der Waals surface area (Å²) in [6, 6.07) is 2.46. The highest BCUT2D eigenvalue weighted by Crippen LogP contribution is 2.65. The van der Waals surface area contributed by atoms with Crippen LogP contribution in [-0.4, -0.2) is 101 Å². The van der Waals surface area contributed by atoms with E-state index in [1.54, 1.807) is 12.1 Å². The molecule has 43 heavy (non-hydrogen) atoms. The van der Waals surface area contributed by atoms with Gasteiger partial charge in [0.05, 0.1) is 11.0 Å². The number of likely N-dealkylation sites (tertiary alicyclic amines) is 1. The van der Waals surface area contributed by atoms with Gasteiger partial charge in [0.1, 0.15) is 17.6 Å². The summed E-state index contributed by atoms with van der Waals surface area (Å²) in [5.74, 6) is 0.147. The highest BCUT2D eigenvalue weighted by Gasteiger charge is 2.72. The fraction of sp³-hybridized carbons (Fsp3) is 0.613.